The van der Waals surface area contributed by atoms with Gasteiger partial charge < -0.3 is 0 Å². The third-order valence-corrected chi connectivity index (χ3v) is 7.48. The van der Waals surface area contributed by atoms with Crippen molar-refractivity contribution in [3.63, 3.8) is 0 Å². The standard InChI is InChI=1S/C25H23ClFN3O3S/c1-15-8-11-23(16(2)12-15)30-24(28-22-7-5-4-6-20(22)25(30)31)17(3)29-34(32,33)19-10-9-18(14-27)21(26)13-19/h4-13,17,29H,14H2,1-3H3. The van der Waals surface area contributed by atoms with E-state index < -0.39 is 22.7 Å². The molecule has 6 nitrogen and oxygen atoms in total. The molecule has 0 bridgehead atoms. The maximum atomic E-state index is 13.5. The quantitative estimate of drug-likeness (QED) is 0.397. The molecule has 1 N–H and O–H groups in total. The number of rotatable bonds is 6. The predicted molar refractivity (Wildman–Crippen MR) is 132 cm³/mol. The lowest BCUT2D eigenvalue weighted by atomic mass is 10.1. The van der Waals surface area contributed by atoms with Gasteiger partial charge in [0.1, 0.15) is 12.5 Å². The van der Waals surface area contributed by atoms with Gasteiger partial charge in [-0.25, -0.2) is 22.5 Å². The molecule has 0 aliphatic carbocycles. The first-order valence-corrected chi connectivity index (χ1v) is 12.4. The summed E-state index contributed by atoms with van der Waals surface area (Å²) in [5.41, 5.74) is 2.87. The minimum atomic E-state index is -4.05. The van der Waals surface area contributed by atoms with E-state index in [0.29, 0.717) is 16.6 Å². The number of hydrogen-bond acceptors (Lipinski definition) is 4. The van der Waals surface area contributed by atoms with Crippen LogP contribution in [0, 0.1) is 13.8 Å². The lowest BCUT2D eigenvalue weighted by Gasteiger charge is -2.21. The fourth-order valence-corrected chi connectivity index (χ4v) is 5.41. The minimum absolute atomic E-state index is 0.0223. The Balaban J connectivity index is 1.86. The van der Waals surface area contributed by atoms with Gasteiger partial charge in [0, 0.05) is 10.6 Å². The molecule has 1 unspecified atom stereocenters. The van der Waals surface area contributed by atoms with Crippen LogP contribution in [0.15, 0.2) is 70.4 Å². The van der Waals surface area contributed by atoms with Crippen molar-refractivity contribution in [1.29, 1.82) is 0 Å². The number of sulfonamides is 1. The summed E-state index contributed by atoms with van der Waals surface area (Å²) >= 11 is 6.02. The van der Waals surface area contributed by atoms with Gasteiger partial charge in [0.25, 0.3) is 5.56 Å². The highest BCUT2D eigenvalue weighted by atomic mass is 35.5. The number of benzene rings is 3. The van der Waals surface area contributed by atoms with Crippen LogP contribution >= 0.6 is 11.6 Å². The lowest BCUT2D eigenvalue weighted by molar-refractivity contribution is 0.485. The van der Waals surface area contributed by atoms with Gasteiger partial charge in [0.2, 0.25) is 10.0 Å². The molecule has 3 aromatic carbocycles. The van der Waals surface area contributed by atoms with E-state index in [9.17, 15) is 17.6 Å². The Hall–Kier alpha value is -3.07. The van der Waals surface area contributed by atoms with E-state index in [1.165, 1.54) is 22.8 Å². The first-order valence-electron chi connectivity index (χ1n) is 10.6. The van der Waals surface area contributed by atoms with Crippen LogP contribution in [0.4, 0.5) is 4.39 Å². The summed E-state index contributed by atoms with van der Waals surface area (Å²) in [7, 11) is -4.05. The summed E-state index contributed by atoms with van der Waals surface area (Å²) in [5, 5.41) is 0.448. The van der Waals surface area contributed by atoms with Gasteiger partial charge in [-0.1, -0.05) is 47.5 Å². The fourth-order valence-electron chi connectivity index (χ4n) is 3.89. The van der Waals surface area contributed by atoms with E-state index in [1.54, 1.807) is 31.2 Å². The summed E-state index contributed by atoms with van der Waals surface area (Å²) in [6.45, 7) is 4.66. The van der Waals surface area contributed by atoms with Crippen LogP contribution in [0.25, 0.3) is 16.6 Å². The molecule has 1 atom stereocenters. The Morgan fingerprint density at radius 1 is 1.09 bits per heavy atom. The van der Waals surface area contributed by atoms with Crippen molar-refractivity contribution in [3.8, 4) is 5.69 Å². The summed E-state index contributed by atoms with van der Waals surface area (Å²) in [4.78, 5) is 18.1. The van der Waals surface area contributed by atoms with Crippen molar-refractivity contribution < 1.29 is 12.8 Å². The molecule has 4 aromatic rings. The maximum Gasteiger partial charge on any atom is 0.266 e. The molecule has 1 aromatic heterocycles. The van der Waals surface area contributed by atoms with Gasteiger partial charge in [-0.05, 0) is 56.7 Å². The molecule has 0 aliphatic heterocycles. The molecule has 0 saturated heterocycles. The largest absolute Gasteiger partial charge is 0.268 e. The number of aromatic nitrogens is 2. The second-order valence-electron chi connectivity index (χ2n) is 8.15. The van der Waals surface area contributed by atoms with Gasteiger partial charge in [-0.3, -0.25) is 9.36 Å². The highest BCUT2D eigenvalue weighted by molar-refractivity contribution is 7.89. The van der Waals surface area contributed by atoms with Crippen LogP contribution in [0.3, 0.4) is 0 Å². The smallest absolute Gasteiger partial charge is 0.266 e. The number of halogens is 2. The molecule has 0 amide bonds. The van der Waals surface area contributed by atoms with Gasteiger partial charge in [-0.2, -0.15) is 0 Å². The van der Waals surface area contributed by atoms with Crippen molar-refractivity contribution in [2.75, 3.05) is 0 Å². The molecule has 176 valence electrons. The molecular formula is C25H23ClFN3O3S. The van der Waals surface area contributed by atoms with Crippen LogP contribution in [0.5, 0.6) is 0 Å². The Kier molecular flexibility index (Phi) is 6.58. The molecule has 0 aliphatic rings. The zero-order valence-corrected chi connectivity index (χ0v) is 20.4. The fraction of sp³-hybridized carbons (Fsp3) is 0.200. The lowest BCUT2D eigenvalue weighted by Crippen LogP contribution is -2.33. The summed E-state index contributed by atoms with van der Waals surface area (Å²) in [5.74, 6) is 0.241. The van der Waals surface area contributed by atoms with E-state index in [2.05, 4.69) is 9.71 Å². The average molecular weight is 500 g/mol. The SMILES string of the molecule is Cc1ccc(-n2c(C(C)NS(=O)(=O)c3ccc(CF)c(Cl)c3)nc3ccccc3c2=O)c(C)c1. The Morgan fingerprint density at radius 2 is 1.82 bits per heavy atom. The van der Waals surface area contributed by atoms with E-state index in [-0.39, 0.29) is 26.9 Å². The minimum Gasteiger partial charge on any atom is -0.268 e. The van der Waals surface area contributed by atoms with Gasteiger partial charge in [0.05, 0.1) is 27.5 Å². The Labute approximate surface area is 202 Å². The highest BCUT2D eigenvalue weighted by Crippen LogP contribution is 2.25. The zero-order chi connectivity index (χ0) is 24.6. The van der Waals surface area contributed by atoms with E-state index in [1.807, 2.05) is 32.0 Å². The number of nitrogens with zero attached hydrogens (tertiary/aromatic N) is 2. The second kappa shape index (κ2) is 9.29. The van der Waals surface area contributed by atoms with Gasteiger partial charge in [-0.15, -0.1) is 0 Å². The van der Waals surface area contributed by atoms with Crippen LogP contribution in [-0.2, 0) is 16.7 Å². The molecular weight excluding hydrogens is 477 g/mol. The molecule has 0 spiro atoms. The molecule has 0 radical (unpaired) electrons. The first kappa shape index (κ1) is 24.1. The third kappa shape index (κ3) is 4.49. The third-order valence-electron chi connectivity index (χ3n) is 5.59. The topological polar surface area (TPSA) is 81.1 Å². The van der Waals surface area contributed by atoms with Crippen LogP contribution < -0.4 is 10.3 Å². The Bertz CT molecular complexity index is 1570. The summed E-state index contributed by atoms with van der Waals surface area (Å²) in [6.07, 6.45) is 0. The van der Waals surface area contributed by atoms with Gasteiger partial charge in [0.15, 0.2) is 0 Å². The number of fused-ring (bicyclic) bond motifs is 1. The van der Waals surface area contributed by atoms with Crippen LogP contribution in [0.1, 0.15) is 35.5 Å². The average Bonchev–Trinajstić information content (AvgIpc) is 2.79. The molecule has 34 heavy (non-hydrogen) atoms. The van der Waals surface area contributed by atoms with E-state index in [4.69, 9.17) is 11.6 Å². The van der Waals surface area contributed by atoms with Crippen molar-refractivity contribution >= 4 is 32.5 Å². The molecule has 4 rings (SSSR count). The van der Waals surface area contributed by atoms with Crippen molar-refractivity contribution in [2.45, 2.75) is 38.4 Å². The number of alkyl halides is 1. The first-order chi connectivity index (χ1) is 16.1. The normalized spacial score (nSPS) is 12.7. The van der Waals surface area contributed by atoms with Crippen molar-refractivity contribution in [3.05, 3.63) is 98.6 Å². The van der Waals surface area contributed by atoms with Crippen molar-refractivity contribution in [2.24, 2.45) is 0 Å². The predicted octanol–water partition coefficient (Wildman–Crippen LogP) is 5.16. The van der Waals surface area contributed by atoms with Crippen molar-refractivity contribution in [1.82, 2.24) is 14.3 Å². The zero-order valence-electron chi connectivity index (χ0n) is 18.8. The number of aryl methyl sites for hydroxylation is 2. The molecule has 0 fully saturated rings. The molecule has 0 saturated carbocycles. The summed E-state index contributed by atoms with van der Waals surface area (Å²) in [6, 6.07) is 15.5. The summed E-state index contributed by atoms with van der Waals surface area (Å²) < 4.78 is 43.2. The van der Waals surface area contributed by atoms with Gasteiger partial charge >= 0.3 is 0 Å². The monoisotopic (exact) mass is 499 g/mol. The highest BCUT2D eigenvalue weighted by Gasteiger charge is 2.24. The molecule has 1 heterocycles. The van der Waals surface area contributed by atoms with E-state index >= 15 is 0 Å². The maximum absolute atomic E-state index is 13.5. The number of hydrogen-bond donors (Lipinski definition) is 1. The van der Waals surface area contributed by atoms with E-state index in [0.717, 1.165) is 11.1 Å². The number of para-hydroxylation sites is 1. The Morgan fingerprint density at radius 3 is 2.50 bits per heavy atom. The van der Waals surface area contributed by atoms with Crippen LogP contribution in [0.2, 0.25) is 5.02 Å². The van der Waals surface area contributed by atoms with Crippen LogP contribution in [-0.4, -0.2) is 18.0 Å². The molecule has 9 heteroatoms. The number of nitrogens with one attached hydrogen (secondary N) is 1. The second-order valence-corrected chi connectivity index (χ2v) is 10.3.